The van der Waals surface area contributed by atoms with E-state index in [4.69, 9.17) is 16.3 Å². The van der Waals surface area contributed by atoms with Crippen LogP contribution in [0.5, 0.6) is 5.75 Å². The highest BCUT2D eigenvalue weighted by atomic mass is 35.5. The van der Waals surface area contributed by atoms with Crippen molar-refractivity contribution < 1.29 is 14.3 Å². The molecule has 116 valence electrons. The van der Waals surface area contributed by atoms with Crippen molar-refractivity contribution in [1.82, 2.24) is 4.98 Å². The van der Waals surface area contributed by atoms with Crippen molar-refractivity contribution in [3.05, 3.63) is 33.8 Å². The van der Waals surface area contributed by atoms with E-state index in [1.807, 2.05) is 0 Å². The maximum atomic E-state index is 12.0. The highest BCUT2D eigenvalue weighted by molar-refractivity contribution is 7.17. The molecule has 2 amide bonds. The van der Waals surface area contributed by atoms with Gasteiger partial charge in [0.2, 0.25) is 0 Å². The molecule has 1 heterocycles. The molecule has 0 bridgehead atoms. The molecule has 0 saturated heterocycles. The molecule has 2 N–H and O–H groups in total. The number of urea groups is 1. The number of aryl methyl sites for hydroxylation is 1. The van der Waals surface area contributed by atoms with Gasteiger partial charge in [0.05, 0.1) is 23.4 Å². The van der Waals surface area contributed by atoms with E-state index in [0.717, 1.165) is 11.3 Å². The number of rotatable bonds is 4. The summed E-state index contributed by atoms with van der Waals surface area (Å²) >= 11 is 7.03. The lowest BCUT2D eigenvalue weighted by molar-refractivity contribution is 0.102. The number of aromatic nitrogens is 1. The molecule has 0 saturated carbocycles. The summed E-state index contributed by atoms with van der Waals surface area (Å²) in [4.78, 5) is 28.1. The smallest absolute Gasteiger partial charge is 0.325 e. The maximum Gasteiger partial charge on any atom is 0.325 e. The van der Waals surface area contributed by atoms with E-state index < -0.39 is 6.03 Å². The number of carbonyl (C=O) groups excluding carboxylic acids is 2. The number of methoxy groups -OCH3 is 1. The number of amides is 2. The van der Waals surface area contributed by atoms with Crippen LogP contribution in [-0.2, 0) is 0 Å². The fourth-order valence-electron chi connectivity index (χ4n) is 1.81. The second kappa shape index (κ2) is 6.76. The summed E-state index contributed by atoms with van der Waals surface area (Å²) in [5.41, 5.74) is 1.03. The molecule has 0 unspecified atom stereocenters. The van der Waals surface area contributed by atoms with Crippen molar-refractivity contribution in [2.24, 2.45) is 0 Å². The third-order valence-electron chi connectivity index (χ3n) is 2.75. The molecule has 22 heavy (non-hydrogen) atoms. The van der Waals surface area contributed by atoms with Crippen molar-refractivity contribution in [2.75, 3.05) is 17.7 Å². The molecule has 8 heteroatoms. The van der Waals surface area contributed by atoms with Crippen molar-refractivity contribution in [3.8, 4) is 5.75 Å². The van der Waals surface area contributed by atoms with Crippen molar-refractivity contribution in [1.29, 1.82) is 0 Å². The zero-order chi connectivity index (χ0) is 16.3. The lowest BCUT2D eigenvalue weighted by Crippen LogP contribution is -2.19. The molecule has 0 atom stereocenters. The second-order valence-electron chi connectivity index (χ2n) is 4.41. The predicted molar refractivity (Wildman–Crippen MR) is 87.5 cm³/mol. The van der Waals surface area contributed by atoms with Crippen molar-refractivity contribution in [3.63, 3.8) is 0 Å². The number of anilines is 2. The molecule has 2 aromatic rings. The number of nitrogens with zero attached hydrogens (tertiary/aromatic N) is 1. The summed E-state index contributed by atoms with van der Waals surface area (Å²) in [5, 5.41) is 6.04. The lowest BCUT2D eigenvalue weighted by atomic mass is 10.3. The fourth-order valence-corrected chi connectivity index (χ4v) is 2.83. The monoisotopic (exact) mass is 339 g/mol. The molecule has 0 fully saturated rings. The van der Waals surface area contributed by atoms with Crippen LogP contribution in [0.4, 0.5) is 15.6 Å². The van der Waals surface area contributed by atoms with E-state index in [-0.39, 0.29) is 5.78 Å². The third-order valence-corrected chi connectivity index (χ3v) is 4.16. The van der Waals surface area contributed by atoms with Gasteiger partial charge >= 0.3 is 6.03 Å². The molecule has 0 radical (unpaired) electrons. The second-order valence-corrected chi connectivity index (χ2v) is 5.85. The Morgan fingerprint density at radius 2 is 2.05 bits per heavy atom. The Kier molecular flexibility index (Phi) is 4.99. The zero-order valence-electron chi connectivity index (χ0n) is 12.2. The first kappa shape index (κ1) is 16.3. The van der Waals surface area contributed by atoms with E-state index in [2.05, 4.69) is 15.6 Å². The van der Waals surface area contributed by atoms with Crippen LogP contribution in [0, 0.1) is 6.92 Å². The average Bonchev–Trinajstić information content (AvgIpc) is 2.79. The number of Topliss-reactive ketones (excluding diaryl/α,β-unsaturated/α-hetero) is 1. The van der Waals surface area contributed by atoms with Gasteiger partial charge in [-0.3, -0.25) is 10.1 Å². The minimum atomic E-state index is -0.496. The average molecular weight is 340 g/mol. The minimum Gasteiger partial charge on any atom is -0.495 e. The quantitative estimate of drug-likeness (QED) is 0.826. The Hall–Kier alpha value is -2.12. The van der Waals surface area contributed by atoms with Gasteiger partial charge in [-0.15, -0.1) is 0 Å². The van der Waals surface area contributed by atoms with Gasteiger partial charge in [-0.25, -0.2) is 9.78 Å². The Balaban J connectivity index is 2.12. The first-order chi connectivity index (χ1) is 10.4. The molecule has 0 aliphatic carbocycles. The summed E-state index contributed by atoms with van der Waals surface area (Å²) in [6.45, 7) is 3.18. The lowest BCUT2D eigenvalue weighted by Gasteiger charge is -2.10. The van der Waals surface area contributed by atoms with Crippen LogP contribution in [0.15, 0.2) is 18.2 Å². The van der Waals surface area contributed by atoms with Crippen LogP contribution < -0.4 is 15.4 Å². The number of hydrogen-bond donors (Lipinski definition) is 2. The van der Waals surface area contributed by atoms with Crippen molar-refractivity contribution in [2.45, 2.75) is 13.8 Å². The van der Waals surface area contributed by atoms with Crippen molar-refractivity contribution >= 4 is 45.6 Å². The highest BCUT2D eigenvalue weighted by Gasteiger charge is 2.14. The molecule has 1 aromatic carbocycles. The molecule has 1 aromatic heterocycles. The van der Waals surface area contributed by atoms with E-state index in [1.165, 1.54) is 14.0 Å². The molecular formula is C14H14ClN3O3S. The van der Waals surface area contributed by atoms with Crippen LogP contribution in [0.2, 0.25) is 5.02 Å². The predicted octanol–water partition coefficient (Wildman–Crippen LogP) is 3.96. The van der Waals surface area contributed by atoms with Crippen LogP contribution in [0.3, 0.4) is 0 Å². The topological polar surface area (TPSA) is 80.3 Å². The number of nitrogens with one attached hydrogen (secondary N) is 2. The Morgan fingerprint density at radius 3 is 2.64 bits per heavy atom. The van der Waals surface area contributed by atoms with Crippen LogP contribution in [0.25, 0.3) is 0 Å². The Labute approximate surface area is 136 Å². The van der Waals surface area contributed by atoms with Gasteiger partial charge in [-0.2, -0.15) is 0 Å². The Bertz CT molecular complexity index is 730. The first-order valence-corrected chi connectivity index (χ1v) is 7.50. The summed E-state index contributed by atoms with van der Waals surface area (Å²) in [5.74, 6) is 0.402. The SMILES string of the molecule is COc1ccc(Cl)cc1NC(=O)Nc1nc(C)c(C(C)=O)s1. The number of ketones is 1. The molecular weight excluding hydrogens is 326 g/mol. The molecule has 0 spiro atoms. The summed E-state index contributed by atoms with van der Waals surface area (Å²) in [6.07, 6.45) is 0. The number of thiazole rings is 1. The number of halogens is 1. The van der Waals surface area contributed by atoms with E-state index in [1.54, 1.807) is 25.1 Å². The van der Waals surface area contributed by atoms with E-state index in [0.29, 0.717) is 32.2 Å². The fraction of sp³-hybridized carbons (Fsp3) is 0.214. The van der Waals surface area contributed by atoms with Gasteiger partial charge in [0.15, 0.2) is 10.9 Å². The van der Waals surface area contributed by atoms with E-state index >= 15 is 0 Å². The normalized spacial score (nSPS) is 10.2. The molecule has 0 aliphatic heterocycles. The standard InChI is InChI=1S/C14H14ClN3O3S/c1-7-12(8(2)19)22-14(16-7)18-13(20)17-10-6-9(15)4-5-11(10)21-3/h4-6H,1-3H3,(H2,16,17,18,20). The van der Waals surface area contributed by atoms with Crippen LogP contribution >= 0.6 is 22.9 Å². The summed E-state index contributed by atoms with van der Waals surface area (Å²) < 4.78 is 5.15. The first-order valence-electron chi connectivity index (χ1n) is 6.30. The van der Waals surface area contributed by atoms with Gasteiger partial charge in [0.25, 0.3) is 0 Å². The number of carbonyl (C=O) groups is 2. The summed E-state index contributed by atoms with van der Waals surface area (Å²) in [6, 6.07) is 4.39. The van der Waals surface area contributed by atoms with Gasteiger partial charge in [-0.1, -0.05) is 22.9 Å². The largest absolute Gasteiger partial charge is 0.495 e. The molecule has 6 nitrogen and oxygen atoms in total. The van der Waals surface area contributed by atoms with Gasteiger partial charge in [0, 0.05) is 11.9 Å². The third kappa shape index (κ3) is 3.75. The molecule has 0 aliphatic rings. The Morgan fingerprint density at radius 1 is 1.32 bits per heavy atom. The summed E-state index contributed by atoms with van der Waals surface area (Å²) in [7, 11) is 1.50. The highest BCUT2D eigenvalue weighted by Crippen LogP contribution is 2.28. The maximum absolute atomic E-state index is 12.0. The van der Waals surface area contributed by atoms with Crippen LogP contribution in [-0.4, -0.2) is 23.9 Å². The number of benzene rings is 1. The van der Waals surface area contributed by atoms with E-state index in [9.17, 15) is 9.59 Å². The van der Waals surface area contributed by atoms with Crippen LogP contribution in [0.1, 0.15) is 22.3 Å². The zero-order valence-corrected chi connectivity index (χ0v) is 13.8. The number of ether oxygens (including phenoxy) is 1. The minimum absolute atomic E-state index is 0.0834. The van der Waals surface area contributed by atoms with Gasteiger partial charge in [-0.05, 0) is 25.1 Å². The number of hydrogen-bond acceptors (Lipinski definition) is 5. The van der Waals surface area contributed by atoms with Gasteiger partial charge < -0.3 is 10.1 Å². The molecule has 2 rings (SSSR count). The van der Waals surface area contributed by atoms with Gasteiger partial charge in [0.1, 0.15) is 5.75 Å².